The molecule has 0 atom stereocenters. The number of rotatable bonds is 6. The van der Waals surface area contributed by atoms with Crippen molar-refractivity contribution < 1.29 is 0 Å². The van der Waals surface area contributed by atoms with E-state index in [2.05, 4.69) is 195 Å². The normalized spacial score (nSPS) is 12.3. The Hall–Kier alpha value is -4.01. The third-order valence-electron chi connectivity index (χ3n) is 8.88. The van der Waals surface area contributed by atoms with Crippen LogP contribution < -0.4 is 9.80 Å². The van der Waals surface area contributed by atoms with E-state index in [1.165, 1.54) is 27.8 Å². The van der Waals surface area contributed by atoms with Crippen LogP contribution in [0.3, 0.4) is 0 Å². The van der Waals surface area contributed by atoms with Gasteiger partial charge in [-0.15, -0.1) is 0 Å². The third-order valence-corrected chi connectivity index (χ3v) is 9.27. The van der Waals surface area contributed by atoms with E-state index in [-0.39, 0.29) is 16.2 Å². The summed E-state index contributed by atoms with van der Waals surface area (Å²) in [4.78, 5) is 4.61. The summed E-state index contributed by atoms with van der Waals surface area (Å²) < 4.78 is 0. The van der Waals surface area contributed by atoms with Gasteiger partial charge >= 0.3 is 0 Å². The molecule has 5 aromatic carbocycles. The van der Waals surface area contributed by atoms with Crippen LogP contribution in [0.15, 0.2) is 109 Å². The van der Waals surface area contributed by atoms with Crippen molar-refractivity contribution in [1.29, 1.82) is 0 Å². The van der Waals surface area contributed by atoms with Crippen LogP contribution in [-0.2, 0) is 16.2 Å². The van der Waals surface area contributed by atoms with Gasteiger partial charge in [0.1, 0.15) is 0 Å². The molecule has 0 amide bonds. The van der Waals surface area contributed by atoms with Crippen molar-refractivity contribution in [3.63, 3.8) is 0 Å². The average Bonchev–Trinajstić information content (AvgIpc) is 2.99. The van der Waals surface area contributed by atoms with E-state index < -0.39 is 0 Å². The number of hydrogen-bond donors (Lipinski definition) is 0. The maximum Gasteiger partial charge on any atom is 0.0887 e. The van der Waals surface area contributed by atoms with Crippen LogP contribution in [0, 0.1) is 13.8 Å². The molecule has 0 aliphatic carbocycles. The molecule has 5 aromatic rings. The number of aryl methyl sites for hydroxylation is 2. The molecule has 0 bridgehead atoms. The average molecular weight is 643 g/mol. The highest BCUT2D eigenvalue weighted by atomic mass is 35.5. The number of anilines is 6. The van der Waals surface area contributed by atoms with Crippen molar-refractivity contribution in [2.75, 3.05) is 9.80 Å². The largest absolute Gasteiger partial charge is 0.309 e. The Morgan fingerprint density at radius 2 is 0.872 bits per heavy atom. The van der Waals surface area contributed by atoms with Crippen molar-refractivity contribution >= 4 is 45.7 Å². The SMILES string of the molecule is Cc1ccc(N(c2ccc(C(C)(C)C)cc2)c2cccc(N(c3cccc(C(C)(C)C)c3)c3cc(C)cc(C(C)(C)C)c3)c2Cl)cc1. The quantitative estimate of drug-likeness (QED) is 0.182. The third kappa shape index (κ3) is 7.60. The summed E-state index contributed by atoms with van der Waals surface area (Å²) in [6.07, 6.45) is 0. The first-order chi connectivity index (χ1) is 21.9. The molecule has 0 spiro atoms. The van der Waals surface area contributed by atoms with Crippen LogP contribution in [0.2, 0.25) is 5.02 Å². The molecule has 0 N–H and O–H groups in total. The molecule has 0 saturated heterocycles. The van der Waals surface area contributed by atoms with E-state index in [4.69, 9.17) is 11.6 Å². The molecule has 3 heteroatoms. The lowest BCUT2D eigenvalue weighted by Gasteiger charge is -2.33. The van der Waals surface area contributed by atoms with Crippen molar-refractivity contribution in [2.24, 2.45) is 0 Å². The van der Waals surface area contributed by atoms with E-state index in [1.54, 1.807) is 0 Å². The van der Waals surface area contributed by atoms with E-state index in [9.17, 15) is 0 Å². The lowest BCUT2D eigenvalue weighted by atomic mass is 9.85. The zero-order chi connectivity index (χ0) is 34.3. The first-order valence-electron chi connectivity index (χ1n) is 16.7. The fraction of sp³-hybridized carbons (Fsp3) is 0.318. The van der Waals surface area contributed by atoms with Crippen LogP contribution in [0.25, 0.3) is 0 Å². The Kier molecular flexibility index (Phi) is 9.41. The minimum Gasteiger partial charge on any atom is -0.309 e. The smallest absolute Gasteiger partial charge is 0.0887 e. The van der Waals surface area contributed by atoms with Gasteiger partial charge in [-0.2, -0.15) is 0 Å². The molecule has 0 fully saturated rings. The highest BCUT2D eigenvalue weighted by Gasteiger charge is 2.25. The molecular formula is C44H51ClN2. The minimum absolute atomic E-state index is 0.00203. The minimum atomic E-state index is -0.00715. The molecule has 244 valence electrons. The highest BCUT2D eigenvalue weighted by molar-refractivity contribution is 6.36. The van der Waals surface area contributed by atoms with Gasteiger partial charge in [0.15, 0.2) is 0 Å². The van der Waals surface area contributed by atoms with E-state index in [1.807, 2.05) is 0 Å². The van der Waals surface area contributed by atoms with Gasteiger partial charge in [0.25, 0.3) is 0 Å². The maximum absolute atomic E-state index is 7.65. The number of hydrogen-bond acceptors (Lipinski definition) is 2. The first kappa shape index (κ1) is 34.3. The topological polar surface area (TPSA) is 6.48 Å². The zero-order valence-corrected chi connectivity index (χ0v) is 30.9. The molecule has 0 radical (unpaired) electrons. The van der Waals surface area contributed by atoms with Gasteiger partial charge in [-0.05, 0) is 113 Å². The second kappa shape index (κ2) is 12.9. The van der Waals surface area contributed by atoms with Gasteiger partial charge in [-0.25, -0.2) is 0 Å². The molecule has 0 aliphatic rings. The van der Waals surface area contributed by atoms with Crippen LogP contribution >= 0.6 is 11.6 Å². The fourth-order valence-electron chi connectivity index (χ4n) is 5.95. The van der Waals surface area contributed by atoms with Crippen molar-refractivity contribution in [3.05, 3.63) is 142 Å². The lowest BCUT2D eigenvalue weighted by molar-refractivity contribution is 0.589. The monoisotopic (exact) mass is 642 g/mol. The van der Waals surface area contributed by atoms with Gasteiger partial charge in [-0.3, -0.25) is 0 Å². The maximum atomic E-state index is 7.65. The molecule has 0 aromatic heterocycles. The summed E-state index contributed by atoms with van der Waals surface area (Å²) in [6, 6.07) is 39.7. The van der Waals surface area contributed by atoms with Crippen LogP contribution in [0.5, 0.6) is 0 Å². The number of nitrogens with zero attached hydrogens (tertiary/aromatic N) is 2. The van der Waals surface area contributed by atoms with E-state index >= 15 is 0 Å². The Morgan fingerprint density at radius 1 is 0.404 bits per heavy atom. The van der Waals surface area contributed by atoms with E-state index in [0.717, 1.165) is 34.1 Å². The summed E-state index contributed by atoms with van der Waals surface area (Å²) in [5.41, 5.74) is 12.5. The molecule has 0 saturated carbocycles. The highest BCUT2D eigenvalue weighted by Crippen LogP contribution is 2.48. The van der Waals surface area contributed by atoms with Crippen molar-refractivity contribution in [2.45, 2.75) is 92.4 Å². The molecule has 5 rings (SSSR count). The summed E-state index contributed by atoms with van der Waals surface area (Å²) in [5.74, 6) is 0. The molecule has 0 aliphatic heterocycles. The van der Waals surface area contributed by atoms with Gasteiger partial charge < -0.3 is 9.80 Å². The summed E-state index contributed by atoms with van der Waals surface area (Å²) in [5, 5.41) is 0.688. The second-order valence-electron chi connectivity index (χ2n) is 16.0. The zero-order valence-electron chi connectivity index (χ0n) is 30.2. The molecule has 47 heavy (non-hydrogen) atoms. The Labute approximate surface area is 289 Å². The Balaban J connectivity index is 1.77. The summed E-state index contributed by atoms with van der Waals surface area (Å²) in [7, 11) is 0. The summed E-state index contributed by atoms with van der Waals surface area (Å²) >= 11 is 7.65. The summed E-state index contributed by atoms with van der Waals surface area (Å²) in [6.45, 7) is 24.7. The predicted molar refractivity (Wildman–Crippen MR) is 206 cm³/mol. The fourth-order valence-corrected chi connectivity index (χ4v) is 6.24. The molecular weight excluding hydrogens is 592 g/mol. The van der Waals surface area contributed by atoms with Crippen LogP contribution in [-0.4, -0.2) is 0 Å². The standard InChI is InChI=1S/C44H51ClN2/c1-30-18-22-35(23-19-30)46(36-24-20-32(21-25-36)42(3,4)5)39-16-13-17-40(41(39)45)47(37-15-12-14-33(28-37)43(6,7)8)38-27-31(2)26-34(29-38)44(9,10)11/h12-29H,1-11H3. The Bertz CT molecular complexity index is 1850. The molecule has 0 unspecified atom stereocenters. The van der Waals surface area contributed by atoms with E-state index in [0.29, 0.717) is 5.02 Å². The lowest BCUT2D eigenvalue weighted by Crippen LogP contribution is -2.18. The van der Waals surface area contributed by atoms with Crippen molar-refractivity contribution in [3.8, 4) is 0 Å². The number of benzene rings is 5. The predicted octanol–water partition coefficient (Wildman–Crippen LogP) is 13.8. The van der Waals surface area contributed by atoms with Crippen LogP contribution in [0.4, 0.5) is 34.1 Å². The first-order valence-corrected chi connectivity index (χ1v) is 17.1. The van der Waals surface area contributed by atoms with Crippen molar-refractivity contribution in [1.82, 2.24) is 0 Å². The van der Waals surface area contributed by atoms with Gasteiger partial charge in [0, 0.05) is 22.7 Å². The van der Waals surface area contributed by atoms with Gasteiger partial charge in [-0.1, -0.05) is 128 Å². The molecule has 0 heterocycles. The van der Waals surface area contributed by atoms with Crippen LogP contribution in [0.1, 0.15) is 90.1 Å². The second-order valence-corrected chi connectivity index (χ2v) is 16.4. The Morgan fingerprint density at radius 3 is 1.40 bits per heavy atom. The molecule has 2 nitrogen and oxygen atoms in total. The van der Waals surface area contributed by atoms with Gasteiger partial charge in [0.05, 0.1) is 16.4 Å². The van der Waals surface area contributed by atoms with Gasteiger partial charge in [0.2, 0.25) is 0 Å². The number of halogens is 1.